The van der Waals surface area contributed by atoms with Crippen LogP contribution in [0.15, 0.2) is 36.4 Å². The van der Waals surface area contributed by atoms with Gasteiger partial charge in [-0.05, 0) is 65.4 Å². The second-order valence-electron chi connectivity index (χ2n) is 3.89. The normalized spacial score (nSPS) is 10.4. The Labute approximate surface area is 117 Å². The number of benzene rings is 2. The Morgan fingerprint density at radius 2 is 1.67 bits per heavy atom. The Morgan fingerprint density at radius 1 is 1.06 bits per heavy atom. The van der Waals surface area contributed by atoms with Crippen LogP contribution in [0, 0.1) is 22.1 Å². The van der Waals surface area contributed by atoms with Gasteiger partial charge in [0.05, 0.1) is 5.56 Å². The van der Waals surface area contributed by atoms with Crippen molar-refractivity contribution in [2.45, 2.75) is 6.92 Å². The summed E-state index contributed by atoms with van der Waals surface area (Å²) in [6.07, 6.45) is 0. The number of rotatable bonds is 2. The summed E-state index contributed by atoms with van der Waals surface area (Å²) in [6.45, 7) is 1.50. The average molecular weight is 358 g/mol. The van der Waals surface area contributed by atoms with Crippen molar-refractivity contribution in [1.29, 1.82) is 0 Å². The number of halogens is 3. The van der Waals surface area contributed by atoms with Crippen LogP contribution in [-0.2, 0) is 0 Å². The zero-order valence-electron chi connectivity index (χ0n) is 9.51. The van der Waals surface area contributed by atoms with Crippen LogP contribution < -0.4 is 0 Å². The number of ketones is 1. The zero-order valence-corrected chi connectivity index (χ0v) is 11.7. The molecule has 2 rings (SSSR count). The van der Waals surface area contributed by atoms with Crippen molar-refractivity contribution in [1.82, 2.24) is 0 Å². The van der Waals surface area contributed by atoms with Gasteiger partial charge in [-0.15, -0.1) is 0 Å². The summed E-state index contributed by atoms with van der Waals surface area (Å²) in [5.41, 5.74) is 0.0419. The van der Waals surface area contributed by atoms with Crippen LogP contribution in [0.5, 0.6) is 0 Å². The maximum Gasteiger partial charge on any atom is 0.198 e. The third kappa shape index (κ3) is 2.43. The van der Waals surface area contributed by atoms with Gasteiger partial charge in [-0.3, -0.25) is 4.79 Å². The van der Waals surface area contributed by atoms with E-state index in [0.29, 0.717) is 0 Å². The third-order valence-corrected chi connectivity index (χ3v) is 3.34. The van der Waals surface area contributed by atoms with Crippen LogP contribution >= 0.6 is 22.6 Å². The highest BCUT2D eigenvalue weighted by molar-refractivity contribution is 14.1. The van der Waals surface area contributed by atoms with Gasteiger partial charge >= 0.3 is 0 Å². The van der Waals surface area contributed by atoms with Gasteiger partial charge < -0.3 is 0 Å². The van der Waals surface area contributed by atoms with Gasteiger partial charge in [-0.25, -0.2) is 8.78 Å². The van der Waals surface area contributed by atoms with Gasteiger partial charge in [-0.1, -0.05) is 6.07 Å². The molecule has 0 atom stereocenters. The van der Waals surface area contributed by atoms with Crippen molar-refractivity contribution in [2.75, 3.05) is 0 Å². The fourth-order valence-electron chi connectivity index (χ4n) is 1.61. The summed E-state index contributed by atoms with van der Waals surface area (Å²) >= 11 is 2.09. The largest absolute Gasteiger partial charge is 0.288 e. The van der Waals surface area contributed by atoms with Crippen LogP contribution in [0.3, 0.4) is 0 Å². The Morgan fingerprint density at radius 3 is 2.28 bits per heavy atom. The number of aryl methyl sites for hydroxylation is 1. The fourth-order valence-corrected chi connectivity index (χ4v) is 1.97. The monoisotopic (exact) mass is 358 g/mol. The Bertz CT molecular complexity index is 606. The SMILES string of the molecule is Cc1ccc(F)c(C(=O)c2ccc(I)cc2)c1F. The second kappa shape index (κ2) is 5.14. The molecule has 0 aliphatic carbocycles. The van der Waals surface area contributed by atoms with E-state index in [4.69, 9.17) is 0 Å². The molecule has 0 bridgehead atoms. The van der Waals surface area contributed by atoms with Crippen molar-refractivity contribution in [3.05, 3.63) is 68.3 Å². The summed E-state index contributed by atoms with van der Waals surface area (Å²) in [6, 6.07) is 8.99. The van der Waals surface area contributed by atoms with E-state index in [1.54, 1.807) is 24.3 Å². The first-order chi connectivity index (χ1) is 8.50. The van der Waals surface area contributed by atoms with Gasteiger partial charge in [-0.2, -0.15) is 0 Å². The molecule has 0 radical (unpaired) electrons. The molecule has 0 saturated carbocycles. The van der Waals surface area contributed by atoms with E-state index >= 15 is 0 Å². The Hall–Kier alpha value is -1.30. The van der Waals surface area contributed by atoms with E-state index in [2.05, 4.69) is 22.6 Å². The first-order valence-electron chi connectivity index (χ1n) is 5.25. The van der Waals surface area contributed by atoms with E-state index in [9.17, 15) is 13.6 Å². The molecule has 0 fully saturated rings. The molecule has 2 aromatic carbocycles. The Balaban J connectivity index is 2.52. The smallest absolute Gasteiger partial charge is 0.198 e. The predicted molar refractivity (Wildman–Crippen MR) is 73.7 cm³/mol. The molecule has 92 valence electrons. The first-order valence-corrected chi connectivity index (χ1v) is 6.33. The summed E-state index contributed by atoms with van der Waals surface area (Å²) in [7, 11) is 0. The number of hydrogen-bond acceptors (Lipinski definition) is 1. The third-order valence-electron chi connectivity index (χ3n) is 2.62. The van der Waals surface area contributed by atoms with Gasteiger partial charge in [0.1, 0.15) is 11.6 Å². The minimum atomic E-state index is -0.832. The van der Waals surface area contributed by atoms with E-state index in [-0.39, 0.29) is 11.1 Å². The molecule has 4 heteroatoms. The van der Waals surface area contributed by atoms with Crippen LogP contribution in [0.25, 0.3) is 0 Å². The topological polar surface area (TPSA) is 17.1 Å². The average Bonchev–Trinajstić information content (AvgIpc) is 2.35. The highest BCUT2D eigenvalue weighted by Crippen LogP contribution is 2.20. The number of carbonyl (C=O) groups is 1. The van der Waals surface area contributed by atoms with E-state index in [1.807, 2.05) is 0 Å². The minimum absolute atomic E-state index is 0.255. The molecule has 18 heavy (non-hydrogen) atoms. The van der Waals surface area contributed by atoms with Gasteiger partial charge in [0.15, 0.2) is 5.78 Å². The summed E-state index contributed by atoms with van der Waals surface area (Å²) in [5.74, 6) is -2.26. The van der Waals surface area contributed by atoms with Crippen molar-refractivity contribution in [2.24, 2.45) is 0 Å². The van der Waals surface area contributed by atoms with Crippen molar-refractivity contribution in [3.63, 3.8) is 0 Å². The summed E-state index contributed by atoms with van der Waals surface area (Å²) in [5, 5.41) is 0. The van der Waals surface area contributed by atoms with Crippen molar-refractivity contribution in [3.8, 4) is 0 Å². The van der Waals surface area contributed by atoms with Crippen molar-refractivity contribution < 1.29 is 13.6 Å². The minimum Gasteiger partial charge on any atom is -0.288 e. The highest BCUT2D eigenvalue weighted by Gasteiger charge is 2.20. The molecule has 0 saturated heterocycles. The fraction of sp³-hybridized carbons (Fsp3) is 0.0714. The highest BCUT2D eigenvalue weighted by atomic mass is 127. The number of hydrogen-bond donors (Lipinski definition) is 0. The Kier molecular flexibility index (Phi) is 3.75. The van der Waals surface area contributed by atoms with Crippen LogP contribution in [-0.4, -0.2) is 5.78 Å². The molecule has 0 aliphatic heterocycles. The molecule has 0 aliphatic rings. The molecule has 2 aromatic rings. The maximum atomic E-state index is 13.8. The quantitative estimate of drug-likeness (QED) is 0.583. The summed E-state index contributed by atoms with van der Waals surface area (Å²) in [4.78, 5) is 12.1. The van der Waals surface area contributed by atoms with Crippen LogP contribution in [0.2, 0.25) is 0 Å². The van der Waals surface area contributed by atoms with Gasteiger partial charge in [0.2, 0.25) is 0 Å². The molecule has 0 unspecified atom stereocenters. The van der Waals surface area contributed by atoms with E-state index in [1.165, 1.54) is 13.0 Å². The van der Waals surface area contributed by atoms with Crippen LogP contribution in [0.1, 0.15) is 21.5 Å². The first kappa shape index (κ1) is 13.1. The van der Waals surface area contributed by atoms with Gasteiger partial charge in [0, 0.05) is 9.13 Å². The zero-order chi connectivity index (χ0) is 13.3. The van der Waals surface area contributed by atoms with Gasteiger partial charge in [0.25, 0.3) is 0 Å². The number of carbonyl (C=O) groups excluding carboxylic acids is 1. The molecule has 0 spiro atoms. The molecule has 0 N–H and O–H groups in total. The molecular formula is C14H9F2IO. The predicted octanol–water partition coefficient (Wildman–Crippen LogP) is 4.11. The van der Waals surface area contributed by atoms with Crippen LogP contribution in [0.4, 0.5) is 8.78 Å². The second-order valence-corrected chi connectivity index (χ2v) is 5.13. The van der Waals surface area contributed by atoms with E-state index < -0.39 is 23.0 Å². The lowest BCUT2D eigenvalue weighted by molar-refractivity contribution is 0.103. The molecule has 0 aromatic heterocycles. The molecular weight excluding hydrogens is 349 g/mol. The van der Waals surface area contributed by atoms with Crippen molar-refractivity contribution >= 4 is 28.4 Å². The van der Waals surface area contributed by atoms with E-state index in [0.717, 1.165) is 9.64 Å². The lowest BCUT2D eigenvalue weighted by Gasteiger charge is -2.06. The maximum absolute atomic E-state index is 13.8. The molecule has 0 heterocycles. The standard InChI is InChI=1S/C14H9F2IO/c1-8-2-7-11(15)12(13(8)16)14(18)9-3-5-10(17)6-4-9/h2-7H,1H3. The summed E-state index contributed by atoms with van der Waals surface area (Å²) < 4.78 is 28.4. The lowest BCUT2D eigenvalue weighted by Crippen LogP contribution is -2.08. The molecule has 0 amide bonds. The molecule has 1 nitrogen and oxygen atoms in total. The lowest BCUT2D eigenvalue weighted by atomic mass is 10.0.